The zero-order chi connectivity index (χ0) is 22.1. The van der Waals surface area contributed by atoms with Crippen LogP contribution in [0, 0.1) is 0 Å². The number of fused-ring (bicyclic) bond motifs is 1. The molecule has 11 heteroatoms. The zero-order valence-electron chi connectivity index (χ0n) is 16.5. The van der Waals surface area contributed by atoms with Crippen LogP contribution in [0.3, 0.4) is 0 Å². The summed E-state index contributed by atoms with van der Waals surface area (Å²) in [6.07, 6.45) is 0. The summed E-state index contributed by atoms with van der Waals surface area (Å²) in [4.78, 5) is 9.40. The number of rotatable bonds is 6. The molecule has 5 rings (SSSR count). The fourth-order valence-electron chi connectivity index (χ4n) is 2.99. The Bertz CT molecular complexity index is 1370. The Kier molecular flexibility index (Phi) is 5.37. The van der Waals surface area contributed by atoms with Crippen molar-refractivity contribution in [3.05, 3.63) is 72.8 Å². The van der Waals surface area contributed by atoms with Crippen LogP contribution in [0.15, 0.2) is 77.7 Å². The van der Waals surface area contributed by atoms with Gasteiger partial charge in [-0.25, -0.2) is 4.98 Å². The number of para-hydroxylation sites is 1. The minimum atomic E-state index is -1.53. The lowest BCUT2D eigenvalue weighted by atomic mass is 10.3. The molecule has 0 spiro atoms. The molecule has 0 bridgehead atoms. The Morgan fingerprint density at radius 1 is 0.969 bits per heavy atom. The van der Waals surface area contributed by atoms with E-state index in [1.165, 1.54) is 16.0 Å². The molecular formula is C21H17N7O2S2. The minimum Gasteiger partial charge on any atom is -0.593 e. The number of benzene rings is 3. The van der Waals surface area contributed by atoms with Crippen molar-refractivity contribution < 1.29 is 9.29 Å². The summed E-state index contributed by atoms with van der Waals surface area (Å²) in [6, 6.07) is 22.1. The van der Waals surface area contributed by atoms with E-state index >= 15 is 0 Å². The molecule has 0 aliphatic carbocycles. The molecule has 5 aromatic rings. The number of nitrogens with zero attached hydrogens (tertiary/aromatic N) is 4. The van der Waals surface area contributed by atoms with Gasteiger partial charge in [0.1, 0.15) is 11.5 Å². The van der Waals surface area contributed by atoms with E-state index in [-0.39, 0.29) is 5.95 Å². The quantitative estimate of drug-likeness (QED) is 0.321. The average molecular weight is 464 g/mol. The average Bonchev–Trinajstić information content (AvgIpc) is 3.37. The van der Waals surface area contributed by atoms with Gasteiger partial charge < -0.3 is 20.3 Å². The van der Waals surface area contributed by atoms with Gasteiger partial charge in [-0.05, 0) is 48.5 Å². The molecule has 2 heterocycles. The highest BCUT2D eigenvalue weighted by atomic mass is 32.2. The highest BCUT2D eigenvalue weighted by Gasteiger charge is 2.14. The van der Waals surface area contributed by atoms with Crippen molar-refractivity contribution in [3.8, 4) is 16.6 Å². The van der Waals surface area contributed by atoms with E-state index in [0.29, 0.717) is 21.7 Å². The number of ether oxygens (including phenoxy) is 1. The molecule has 3 aromatic carbocycles. The number of aromatic nitrogens is 4. The molecular weight excluding hydrogens is 446 g/mol. The van der Waals surface area contributed by atoms with Crippen molar-refractivity contribution in [2.24, 2.45) is 5.14 Å². The van der Waals surface area contributed by atoms with Crippen molar-refractivity contribution >= 4 is 50.5 Å². The molecule has 2 aromatic heterocycles. The highest BCUT2D eigenvalue weighted by molar-refractivity contribution is 7.89. The number of anilines is 3. The number of hydrogen-bond donors (Lipinski definition) is 3. The third kappa shape index (κ3) is 4.22. The molecule has 5 N–H and O–H groups in total. The van der Waals surface area contributed by atoms with Crippen LogP contribution in [0.25, 0.3) is 15.3 Å². The fraction of sp³-hybridized carbons (Fsp3) is 0. The molecule has 0 aliphatic rings. The molecule has 0 aliphatic heterocycles. The summed E-state index contributed by atoms with van der Waals surface area (Å²) in [5.41, 5.74) is 7.60. The molecule has 0 saturated carbocycles. The Hall–Kier alpha value is -3.64. The molecule has 0 fully saturated rings. The van der Waals surface area contributed by atoms with Crippen LogP contribution in [0.1, 0.15) is 0 Å². The summed E-state index contributed by atoms with van der Waals surface area (Å²) in [7, 11) is 0. The maximum atomic E-state index is 11.3. The Labute approximate surface area is 190 Å². The lowest BCUT2D eigenvalue weighted by Crippen LogP contribution is -2.11. The monoisotopic (exact) mass is 463 g/mol. The second kappa shape index (κ2) is 8.48. The summed E-state index contributed by atoms with van der Waals surface area (Å²) >= 11 is -0.101. The van der Waals surface area contributed by atoms with Crippen LogP contribution in [-0.4, -0.2) is 24.3 Å². The SMILES string of the molecule is Nc1nc(Nc2ccc([S+](N)[O-])cc2)nn1-c1nc2ccc(Oc3ccccc3)cc2s1. The van der Waals surface area contributed by atoms with Gasteiger partial charge in [-0.1, -0.05) is 29.5 Å². The minimum absolute atomic E-state index is 0.201. The van der Waals surface area contributed by atoms with Crippen LogP contribution in [0.2, 0.25) is 0 Å². The van der Waals surface area contributed by atoms with E-state index in [0.717, 1.165) is 21.7 Å². The van der Waals surface area contributed by atoms with Crippen molar-refractivity contribution in [3.63, 3.8) is 0 Å². The van der Waals surface area contributed by atoms with E-state index in [4.69, 9.17) is 15.6 Å². The van der Waals surface area contributed by atoms with Crippen molar-refractivity contribution in [2.45, 2.75) is 4.90 Å². The first-order valence-corrected chi connectivity index (χ1v) is 11.5. The molecule has 1 unspecified atom stereocenters. The number of nitrogens with one attached hydrogen (secondary N) is 1. The largest absolute Gasteiger partial charge is 0.593 e. The predicted molar refractivity (Wildman–Crippen MR) is 126 cm³/mol. The van der Waals surface area contributed by atoms with Crippen molar-refractivity contribution in [1.82, 2.24) is 19.7 Å². The molecule has 9 nitrogen and oxygen atoms in total. The first-order chi connectivity index (χ1) is 15.5. The maximum Gasteiger partial charge on any atom is 0.248 e. The van der Waals surface area contributed by atoms with Crippen LogP contribution in [0.5, 0.6) is 11.5 Å². The predicted octanol–water partition coefficient (Wildman–Crippen LogP) is 3.98. The number of thiazole rings is 1. The van der Waals surface area contributed by atoms with E-state index in [1.54, 1.807) is 24.3 Å². The van der Waals surface area contributed by atoms with Crippen LogP contribution in [0.4, 0.5) is 17.6 Å². The number of hydrogen-bond acceptors (Lipinski definition) is 9. The Morgan fingerprint density at radius 3 is 2.50 bits per heavy atom. The van der Waals surface area contributed by atoms with E-state index in [1.807, 2.05) is 48.5 Å². The van der Waals surface area contributed by atoms with Gasteiger partial charge in [0.2, 0.25) is 17.0 Å². The van der Waals surface area contributed by atoms with E-state index in [9.17, 15) is 4.55 Å². The Balaban J connectivity index is 1.38. The maximum absolute atomic E-state index is 11.3. The molecule has 1 atom stereocenters. The lowest BCUT2D eigenvalue weighted by Gasteiger charge is -2.04. The van der Waals surface area contributed by atoms with Gasteiger partial charge in [-0.2, -0.15) is 9.67 Å². The van der Waals surface area contributed by atoms with Gasteiger partial charge in [0, 0.05) is 11.8 Å². The van der Waals surface area contributed by atoms with Gasteiger partial charge in [-0.15, -0.1) is 10.2 Å². The topological polar surface area (TPSA) is 140 Å². The standard InChI is InChI=1S/C21H17N7O2S2/c22-19-26-20(24-13-6-9-16(10-7-13)32(23)29)27-28(19)21-25-17-11-8-15(12-18(17)31-21)30-14-4-2-1-3-5-14/h1-12H,23H2,(H3,22,24,26,27). The molecule has 0 amide bonds. The van der Waals surface area contributed by atoms with Crippen molar-refractivity contribution in [2.75, 3.05) is 11.1 Å². The normalized spacial score (nSPS) is 12.1. The number of nitrogen functional groups attached to an aromatic ring is 1. The molecule has 0 radical (unpaired) electrons. The van der Waals surface area contributed by atoms with Gasteiger partial charge in [0.15, 0.2) is 4.90 Å². The first kappa shape index (κ1) is 20.3. The fourth-order valence-corrected chi connectivity index (χ4v) is 4.35. The second-order valence-corrected chi connectivity index (χ2v) is 8.77. The summed E-state index contributed by atoms with van der Waals surface area (Å²) in [6.45, 7) is 0. The third-order valence-electron chi connectivity index (χ3n) is 4.48. The lowest BCUT2D eigenvalue weighted by molar-refractivity contribution is 0.483. The van der Waals surface area contributed by atoms with Crippen LogP contribution < -0.4 is 20.9 Å². The first-order valence-electron chi connectivity index (χ1n) is 9.45. The van der Waals surface area contributed by atoms with Crippen molar-refractivity contribution in [1.29, 1.82) is 0 Å². The summed E-state index contributed by atoms with van der Waals surface area (Å²) < 4.78 is 19.6. The van der Waals surface area contributed by atoms with Gasteiger partial charge in [0.25, 0.3) is 0 Å². The van der Waals surface area contributed by atoms with E-state index in [2.05, 4.69) is 20.4 Å². The van der Waals surface area contributed by atoms with Gasteiger partial charge in [-0.3, -0.25) is 0 Å². The molecule has 0 saturated heterocycles. The molecule has 160 valence electrons. The smallest absolute Gasteiger partial charge is 0.248 e. The van der Waals surface area contributed by atoms with Crippen LogP contribution >= 0.6 is 11.3 Å². The zero-order valence-corrected chi connectivity index (χ0v) is 18.1. The number of nitrogens with two attached hydrogens (primary N) is 2. The van der Waals surface area contributed by atoms with Gasteiger partial charge in [0.05, 0.1) is 21.6 Å². The summed E-state index contributed by atoms with van der Waals surface area (Å²) in [5, 5.41) is 13.4. The second-order valence-electron chi connectivity index (χ2n) is 6.69. The van der Waals surface area contributed by atoms with E-state index < -0.39 is 11.4 Å². The Morgan fingerprint density at radius 2 is 1.75 bits per heavy atom. The summed E-state index contributed by atoms with van der Waals surface area (Å²) in [5.74, 6) is 2.00. The highest BCUT2D eigenvalue weighted by Crippen LogP contribution is 2.31. The van der Waals surface area contributed by atoms with Gasteiger partial charge >= 0.3 is 0 Å². The third-order valence-corrected chi connectivity index (χ3v) is 6.21. The van der Waals surface area contributed by atoms with Crippen LogP contribution in [-0.2, 0) is 11.4 Å². The molecule has 32 heavy (non-hydrogen) atoms.